The molecule has 2 unspecified atom stereocenters. The number of amidine groups is 1. The number of allylic oxidation sites excluding steroid dienone is 1. The van der Waals surface area contributed by atoms with E-state index in [1.807, 2.05) is 13.0 Å². The monoisotopic (exact) mass is 267 g/mol. The number of aliphatic hydroxyl groups excluding tert-OH is 1. The molecule has 0 aromatic heterocycles. The lowest BCUT2D eigenvalue weighted by molar-refractivity contribution is -0.882. The minimum atomic E-state index is -0.321. The third-order valence-corrected chi connectivity index (χ3v) is 4.40. The van der Waals surface area contributed by atoms with Gasteiger partial charge in [0.15, 0.2) is 6.23 Å². The predicted molar refractivity (Wildman–Crippen MR) is 82.2 cm³/mol. The van der Waals surface area contributed by atoms with E-state index < -0.39 is 0 Å². The van der Waals surface area contributed by atoms with Crippen LogP contribution in [0.1, 0.15) is 58.8 Å². The molecular formula is C16H31N2O+. The molecule has 0 bridgehead atoms. The van der Waals surface area contributed by atoms with Crippen molar-refractivity contribution in [3.63, 3.8) is 0 Å². The van der Waals surface area contributed by atoms with Gasteiger partial charge in [0.2, 0.25) is 5.84 Å². The van der Waals surface area contributed by atoms with Crippen LogP contribution >= 0.6 is 0 Å². The van der Waals surface area contributed by atoms with E-state index in [2.05, 4.69) is 18.5 Å². The molecule has 3 heteroatoms. The van der Waals surface area contributed by atoms with Crippen LogP contribution in [-0.2, 0) is 0 Å². The van der Waals surface area contributed by atoms with Gasteiger partial charge in [0, 0.05) is 13.3 Å². The summed E-state index contributed by atoms with van der Waals surface area (Å²) in [7, 11) is 0. The molecule has 0 amide bonds. The van der Waals surface area contributed by atoms with Gasteiger partial charge in [0.25, 0.3) is 0 Å². The smallest absolute Gasteiger partial charge is 0.200 e. The molecule has 19 heavy (non-hydrogen) atoms. The quantitative estimate of drug-likeness (QED) is 0.367. The molecule has 1 rings (SSSR count). The number of nitrogens with zero attached hydrogens (tertiary/aromatic N) is 2. The summed E-state index contributed by atoms with van der Waals surface area (Å²) in [5.41, 5.74) is 0. The van der Waals surface area contributed by atoms with Crippen molar-refractivity contribution >= 4 is 5.84 Å². The molecule has 0 fully saturated rings. The van der Waals surface area contributed by atoms with Gasteiger partial charge >= 0.3 is 0 Å². The average Bonchev–Trinajstić information content (AvgIpc) is 2.82. The molecule has 3 nitrogen and oxygen atoms in total. The summed E-state index contributed by atoms with van der Waals surface area (Å²) in [5, 5.41) is 10.1. The van der Waals surface area contributed by atoms with Crippen molar-refractivity contribution in [3.8, 4) is 0 Å². The highest BCUT2D eigenvalue weighted by molar-refractivity contribution is 5.76. The number of hydrogen-bond acceptors (Lipinski definition) is 2. The highest BCUT2D eigenvalue weighted by atomic mass is 16.3. The second-order valence-electron chi connectivity index (χ2n) is 5.60. The Morgan fingerprint density at radius 1 is 1.32 bits per heavy atom. The van der Waals surface area contributed by atoms with Crippen molar-refractivity contribution in [2.24, 2.45) is 4.99 Å². The molecular weight excluding hydrogens is 236 g/mol. The molecule has 110 valence electrons. The van der Waals surface area contributed by atoms with Crippen molar-refractivity contribution in [2.75, 3.05) is 19.6 Å². The summed E-state index contributed by atoms with van der Waals surface area (Å²) in [5.74, 6) is 1.23. The lowest BCUT2D eigenvalue weighted by Gasteiger charge is -2.36. The van der Waals surface area contributed by atoms with Crippen LogP contribution in [0.2, 0.25) is 0 Å². The van der Waals surface area contributed by atoms with Crippen LogP contribution < -0.4 is 0 Å². The first-order chi connectivity index (χ1) is 9.17. The van der Waals surface area contributed by atoms with Gasteiger partial charge in [-0.1, -0.05) is 25.3 Å². The average molecular weight is 267 g/mol. The Morgan fingerprint density at radius 3 is 2.63 bits per heavy atom. The van der Waals surface area contributed by atoms with E-state index in [0.717, 1.165) is 32.5 Å². The molecule has 0 saturated carbocycles. The maximum atomic E-state index is 10.1. The predicted octanol–water partition coefficient (Wildman–Crippen LogP) is 3.49. The third-order valence-electron chi connectivity index (χ3n) is 4.40. The number of hydrogen-bond donors (Lipinski definition) is 1. The van der Waals surface area contributed by atoms with Gasteiger partial charge < -0.3 is 5.11 Å². The number of unbranched alkanes of at least 4 members (excludes halogenated alkanes) is 5. The number of rotatable bonds is 10. The van der Waals surface area contributed by atoms with Crippen LogP contribution in [0.25, 0.3) is 0 Å². The van der Waals surface area contributed by atoms with Crippen LogP contribution in [0.3, 0.4) is 0 Å². The Hall–Kier alpha value is -0.670. The molecule has 0 aromatic carbocycles. The first-order valence-corrected chi connectivity index (χ1v) is 7.87. The van der Waals surface area contributed by atoms with Gasteiger partial charge in [-0.25, -0.2) is 4.99 Å². The van der Waals surface area contributed by atoms with Gasteiger partial charge in [-0.2, -0.15) is 0 Å². The maximum absolute atomic E-state index is 10.1. The second-order valence-corrected chi connectivity index (χ2v) is 5.60. The van der Waals surface area contributed by atoms with Crippen LogP contribution in [-0.4, -0.2) is 41.3 Å². The molecule has 0 spiro atoms. The van der Waals surface area contributed by atoms with E-state index in [1.165, 1.54) is 37.9 Å². The van der Waals surface area contributed by atoms with E-state index in [0.29, 0.717) is 4.48 Å². The molecule has 1 N–H and O–H groups in total. The normalized spacial score (nSPS) is 24.3. The molecule has 0 saturated heterocycles. The zero-order valence-electron chi connectivity index (χ0n) is 12.8. The number of aliphatic imine (C=N–C) groups is 1. The fourth-order valence-electron chi connectivity index (χ4n) is 3.04. The topological polar surface area (TPSA) is 32.6 Å². The maximum Gasteiger partial charge on any atom is 0.200 e. The molecule has 1 aliphatic heterocycles. The summed E-state index contributed by atoms with van der Waals surface area (Å²) in [6.45, 7) is 10.6. The Morgan fingerprint density at radius 2 is 2.00 bits per heavy atom. The van der Waals surface area contributed by atoms with E-state index >= 15 is 0 Å². The van der Waals surface area contributed by atoms with Crippen molar-refractivity contribution in [3.05, 3.63) is 12.7 Å². The van der Waals surface area contributed by atoms with Crippen molar-refractivity contribution in [2.45, 2.75) is 65.0 Å². The molecule has 0 radical (unpaired) electrons. The Labute approximate surface area is 118 Å². The second kappa shape index (κ2) is 8.49. The lowest BCUT2D eigenvalue weighted by atomic mass is 10.1. The third kappa shape index (κ3) is 4.43. The van der Waals surface area contributed by atoms with Crippen LogP contribution in [0.4, 0.5) is 0 Å². The summed E-state index contributed by atoms with van der Waals surface area (Å²) in [4.78, 5) is 4.64. The van der Waals surface area contributed by atoms with Crippen molar-refractivity contribution in [1.82, 2.24) is 0 Å². The summed E-state index contributed by atoms with van der Waals surface area (Å²) < 4.78 is 0.705. The minimum Gasteiger partial charge on any atom is -0.345 e. The highest BCUT2D eigenvalue weighted by Crippen LogP contribution is 2.22. The number of likely N-dealkylation sites (N-methyl/N-ethyl adjacent to an activating group) is 1. The number of aliphatic hydroxyl groups is 1. The van der Waals surface area contributed by atoms with Crippen molar-refractivity contribution in [1.29, 1.82) is 0 Å². The van der Waals surface area contributed by atoms with E-state index in [1.54, 1.807) is 0 Å². The first-order valence-electron chi connectivity index (χ1n) is 7.87. The van der Waals surface area contributed by atoms with Gasteiger partial charge in [0.1, 0.15) is 6.54 Å². The molecule has 1 heterocycles. The van der Waals surface area contributed by atoms with Gasteiger partial charge in [0.05, 0.1) is 13.1 Å². The van der Waals surface area contributed by atoms with E-state index in [9.17, 15) is 5.11 Å². The van der Waals surface area contributed by atoms with Gasteiger partial charge in [-0.3, -0.25) is 4.48 Å². The zero-order chi connectivity index (χ0) is 14.1. The largest absolute Gasteiger partial charge is 0.345 e. The van der Waals surface area contributed by atoms with Crippen LogP contribution in [0, 0.1) is 0 Å². The van der Waals surface area contributed by atoms with Crippen molar-refractivity contribution < 1.29 is 9.59 Å². The molecule has 1 aliphatic rings. The van der Waals surface area contributed by atoms with Crippen LogP contribution in [0.5, 0.6) is 0 Å². The van der Waals surface area contributed by atoms with Gasteiger partial charge in [-0.15, -0.1) is 6.58 Å². The fraction of sp³-hybridized carbons (Fsp3) is 0.812. The molecule has 2 atom stereocenters. The lowest BCUT2D eigenvalue weighted by Crippen LogP contribution is -2.56. The minimum absolute atomic E-state index is 0.321. The Kier molecular flexibility index (Phi) is 7.32. The summed E-state index contributed by atoms with van der Waals surface area (Å²) >= 11 is 0. The molecule has 0 aromatic rings. The van der Waals surface area contributed by atoms with E-state index in [-0.39, 0.29) is 6.23 Å². The Balaban J connectivity index is 2.26. The van der Waals surface area contributed by atoms with Gasteiger partial charge in [-0.05, 0) is 26.2 Å². The van der Waals surface area contributed by atoms with E-state index in [4.69, 9.17) is 0 Å². The Bertz CT molecular complexity index is 299. The zero-order valence-corrected chi connectivity index (χ0v) is 12.8. The summed E-state index contributed by atoms with van der Waals surface area (Å²) in [6.07, 6.45) is 10.3. The summed E-state index contributed by atoms with van der Waals surface area (Å²) in [6, 6.07) is 0. The highest BCUT2D eigenvalue weighted by Gasteiger charge is 2.40. The first kappa shape index (κ1) is 16.4. The number of quaternary nitrogens is 1. The molecule has 0 aliphatic carbocycles. The fourth-order valence-corrected chi connectivity index (χ4v) is 3.04. The van der Waals surface area contributed by atoms with Crippen LogP contribution in [0.15, 0.2) is 17.6 Å². The SMILES string of the molecule is C=CCCCCCCCC1=NCC[N+]1(CC)C(C)O. The standard InChI is InChI=1S/C16H31N2O/c1-4-6-7-8-9-10-11-12-16-17-13-14-18(16,5-2)15(3)19/h4,15,19H,1,5-14H2,2-3H3/q+1.